The summed E-state index contributed by atoms with van der Waals surface area (Å²) in [4.78, 5) is 21.8. The Morgan fingerprint density at radius 2 is 2.05 bits per heavy atom. The number of likely N-dealkylation sites (tertiary alicyclic amines) is 1. The normalized spacial score (nSPS) is 17.8. The number of hydrogen-bond acceptors (Lipinski definition) is 5. The molecule has 2 heterocycles. The lowest BCUT2D eigenvalue weighted by Gasteiger charge is -2.16. The third-order valence-electron chi connectivity index (χ3n) is 2.97. The lowest BCUT2D eigenvalue weighted by Crippen LogP contribution is -2.29. The van der Waals surface area contributed by atoms with Crippen LogP contribution in [0.5, 0.6) is 11.8 Å². The van der Waals surface area contributed by atoms with Crippen molar-refractivity contribution in [2.24, 2.45) is 0 Å². The van der Waals surface area contributed by atoms with Crippen molar-refractivity contribution in [3.63, 3.8) is 0 Å². The summed E-state index contributed by atoms with van der Waals surface area (Å²) in [5.74, 6) is 0.764. The van der Waals surface area contributed by atoms with E-state index < -0.39 is 0 Å². The van der Waals surface area contributed by atoms with E-state index in [2.05, 4.69) is 9.97 Å². The molecule has 1 aromatic heterocycles. The molecule has 0 spiro atoms. The largest absolute Gasteiger partial charge is 0.477 e. The highest BCUT2D eigenvalue weighted by Gasteiger charge is 2.27. The molecule has 1 amide bonds. The lowest BCUT2D eigenvalue weighted by atomic mass is 10.3. The van der Waals surface area contributed by atoms with Gasteiger partial charge in [0, 0.05) is 31.4 Å². The minimum Gasteiger partial charge on any atom is -0.477 e. The molecule has 1 aromatic rings. The number of rotatable bonds is 4. The third kappa shape index (κ3) is 3.46. The smallest absolute Gasteiger partial charge is 0.278 e. The minimum atomic E-state index is -0.0740. The van der Waals surface area contributed by atoms with Gasteiger partial charge < -0.3 is 14.4 Å². The first-order valence-electron chi connectivity index (χ1n) is 6.55. The van der Waals surface area contributed by atoms with Gasteiger partial charge in [-0.1, -0.05) is 5.57 Å². The molecule has 0 N–H and O–H groups in total. The van der Waals surface area contributed by atoms with E-state index in [9.17, 15) is 4.79 Å². The first-order chi connectivity index (χ1) is 9.60. The van der Waals surface area contributed by atoms with Gasteiger partial charge in [-0.25, -0.2) is 9.97 Å². The van der Waals surface area contributed by atoms with Crippen LogP contribution in [0.1, 0.15) is 20.3 Å². The standard InChI is InChI=1S/C14H19N3O3/c1-10(2)8-12(18)17-7-4-11(9-17)20-14-13(19-3)15-5-6-16-14/h5-6,8,11H,4,7,9H2,1-3H3/t11-/m1/s1. The van der Waals surface area contributed by atoms with Crippen LogP contribution in [0.15, 0.2) is 24.0 Å². The van der Waals surface area contributed by atoms with Gasteiger partial charge in [-0.2, -0.15) is 0 Å². The number of allylic oxidation sites excluding steroid dienone is 1. The second kappa shape index (κ2) is 6.36. The summed E-state index contributed by atoms with van der Waals surface area (Å²) in [5.41, 5.74) is 0.995. The van der Waals surface area contributed by atoms with Crippen molar-refractivity contribution >= 4 is 5.91 Å². The molecule has 1 fully saturated rings. The zero-order valence-corrected chi connectivity index (χ0v) is 12.0. The highest BCUT2D eigenvalue weighted by molar-refractivity contribution is 5.88. The van der Waals surface area contributed by atoms with E-state index >= 15 is 0 Å². The molecule has 108 valence electrons. The molecule has 1 saturated heterocycles. The van der Waals surface area contributed by atoms with Crippen LogP contribution in [0.25, 0.3) is 0 Å². The monoisotopic (exact) mass is 277 g/mol. The Kier molecular flexibility index (Phi) is 4.55. The quantitative estimate of drug-likeness (QED) is 0.779. The number of aromatic nitrogens is 2. The molecule has 0 radical (unpaired) electrons. The van der Waals surface area contributed by atoms with Gasteiger partial charge >= 0.3 is 0 Å². The highest BCUT2D eigenvalue weighted by atomic mass is 16.5. The van der Waals surface area contributed by atoms with Crippen LogP contribution >= 0.6 is 0 Å². The molecule has 1 atom stereocenters. The zero-order valence-electron chi connectivity index (χ0n) is 12.0. The average molecular weight is 277 g/mol. The van der Waals surface area contributed by atoms with Gasteiger partial charge in [0.05, 0.1) is 13.7 Å². The Hall–Kier alpha value is -2.11. The molecule has 1 aliphatic heterocycles. The van der Waals surface area contributed by atoms with Crippen LogP contribution in [-0.4, -0.2) is 47.1 Å². The Morgan fingerprint density at radius 3 is 2.70 bits per heavy atom. The van der Waals surface area contributed by atoms with Crippen LogP contribution in [0.4, 0.5) is 0 Å². The molecule has 6 heteroatoms. The summed E-state index contributed by atoms with van der Waals surface area (Å²) < 4.78 is 10.9. The second-order valence-corrected chi connectivity index (χ2v) is 4.91. The molecule has 0 aromatic carbocycles. The van der Waals surface area contributed by atoms with Crippen molar-refractivity contribution in [3.05, 3.63) is 24.0 Å². The summed E-state index contributed by atoms with van der Waals surface area (Å²) in [7, 11) is 1.52. The van der Waals surface area contributed by atoms with E-state index in [0.717, 1.165) is 12.0 Å². The van der Waals surface area contributed by atoms with E-state index in [1.807, 2.05) is 13.8 Å². The molecule has 1 aliphatic rings. The zero-order chi connectivity index (χ0) is 14.5. The number of amides is 1. The summed E-state index contributed by atoms with van der Waals surface area (Å²) in [5, 5.41) is 0. The number of carbonyl (C=O) groups excluding carboxylic acids is 1. The maximum absolute atomic E-state index is 11.9. The molecule has 0 bridgehead atoms. The number of hydrogen-bond donors (Lipinski definition) is 0. The molecule has 0 aliphatic carbocycles. The summed E-state index contributed by atoms with van der Waals surface area (Å²) in [6.07, 6.45) is 5.45. The Bertz CT molecular complexity index is 512. The van der Waals surface area contributed by atoms with Gasteiger partial charge in [0.25, 0.3) is 11.8 Å². The molecular weight excluding hydrogens is 258 g/mol. The average Bonchev–Trinajstić information content (AvgIpc) is 2.87. The van der Waals surface area contributed by atoms with Gasteiger partial charge in [-0.05, 0) is 13.8 Å². The van der Waals surface area contributed by atoms with Crippen molar-refractivity contribution in [2.45, 2.75) is 26.4 Å². The van der Waals surface area contributed by atoms with Crippen LogP contribution < -0.4 is 9.47 Å². The molecule has 6 nitrogen and oxygen atoms in total. The molecule has 20 heavy (non-hydrogen) atoms. The fourth-order valence-electron chi connectivity index (χ4n) is 2.05. The van der Waals surface area contributed by atoms with Gasteiger partial charge in [-0.3, -0.25) is 4.79 Å². The molecule has 2 rings (SSSR count). The van der Waals surface area contributed by atoms with Crippen molar-refractivity contribution in [1.82, 2.24) is 14.9 Å². The van der Waals surface area contributed by atoms with E-state index in [-0.39, 0.29) is 12.0 Å². The molecule has 0 unspecified atom stereocenters. The number of carbonyl (C=O) groups is 1. The van der Waals surface area contributed by atoms with E-state index in [0.29, 0.717) is 24.8 Å². The maximum Gasteiger partial charge on any atom is 0.278 e. The van der Waals surface area contributed by atoms with Crippen molar-refractivity contribution in [3.8, 4) is 11.8 Å². The highest BCUT2D eigenvalue weighted by Crippen LogP contribution is 2.23. The number of methoxy groups -OCH3 is 1. The molecular formula is C14H19N3O3. The Labute approximate surface area is 118 Å². The predicted molar refractivity (Wildman–Crippen MR) is 73.6 cm³/mol. The van der Waals surface area contributed by atoms with Gasteiger partial charge in [0.15, 0.2) is 0 Å². The molecule has 0 saturated carbocycles. The first-order valence-corrected chi connectivity index (χ1v) is 6.55. The van der Waals surface area contributed by atoms with Crippen molar-refractivity contribution < 1.29 is 14.3 Å². The van der Waals surface area contributed by atoms with Crippen molar-refractivity contribution in [1.29, 1.82) is 0 Å². The van der Waals surface area contributed by atoms with Gasteiger partial charge in [0.1, 0.15) is 6.10 Å². The summed E-state index contributed by atoms with van der Waals surface area (Å²) >= 11 is 0. The summed E-state index contributed by atoms with van der Waals surface area (Å²) in [6, 6.07) is 0. The Morgan fingerprint density at radius 1 is 1.35 bits per heavy atom. The van der Waals surface area contributed by atoms with Crippen LogP contribution in [0.3, 0.4) is 0 Å². The Balaban J connectivity index is 1.97. The van der Waals surface area contributed by atoms with Crippen molar-refractivity contribution in [2.75, 3.05) is 20.2 Å². The third-order valence-corrected chi connectivity index (χ3v) is 2.97. The van der Waals surface area contributed by atoms with Crippen LogP contribution in [-0.2, 0) is 4.79 Å². The first kappa shape index (κ1) is 14.3. The SMILES string of the molecule is COc1nccnc1O[C@@H]1CCN(C(=O)C=C(C)C)C1. The fraction of sp³-hybridized carbons (Fsp3) is 0.500. The minimum absolute atomic E-state index is 0.0298. The maximum atomic E-state index is 11.9. The van der Waals surface area contributed by atoms with Gasteiger partial charge in [0.2, 0.25) is 5.91 Å². The second-order valence-electron chi connectivity index (χ2n) is 4.91. The topological polar surface area (TPSA) is 64.6 Å². The predicted octanol–water partition coefficient (Wildman–Crippen LogP) is 1.43. The van der Waals surface area contributed by atoms with E-state index in [1.54, 1.807) is 23.4 Å². The fourth-order valence-corrected chi connectivity index (χ4v) is 2.05. The van der Waals surface area contributed by atoms with Gasteiger partial charge in [-0.15, -0.1) is 0 Å². The lowest BCUT2D eigenvalue weighted by molar-refractivity contribution is -0.125. The van der Waals surface area contributed by atoms with E-state index in [1.165, 1.54) is 7.11 Å². The van der Waals surface area contributed by atoms with E-state index in [4.69, 9.17) is 9.47 Å². The number of nitrogens with zero attached hydrogens (tertiary/aromatic N) is 3. The summed E-state index contributed by atoms with van der Waals surface area (Å²) in [6.45, 7) is 5.07. The van der Waals surface area contributed by atoms with Crippen LogP contribution in [0, 0.1) is 0 Å². The van der Waals surface area contributed by atoms with Crippen LogP contribution in [0.2, 0.25) is 0 Å². The number of ether oxygens (including phenoxy) is 2.